The van der Waals surface area contributed by atoms with Gasteiger partial charge in [0.1, 0.15) is 17.6 Å². The predicted molar refractivity (Wildman–Crippen MR) is 123 cm³/mol. The summed E-state index contributed by atoms with van der Waals surface area (Å²) in [6.45, 7) is 2.14. The molecule has 1 amide bonds. The van der Waals surface area contributed by atoms with Gasteiger partial charge in [0.15, 0.2) is 0 Å². The Balaban J connectivity index is 1.21. The Hall–Kier alpha value is -3.38. The molecular weight excluding hydrogens is 402 g/mol. The smallest absolute Gasteiger partial charge is 0.411 e. The number of carbonyl (C=O) groups excluding carboxylic acids is 1. The Morgan fingerprint density at radius 2 is 1.72 bits per heavy atom. The third-order valence-corrected chi connectivity index (χ3v) is 6.38. The molecule has 3 saturated heterocycles. The molecule has 0 saturated carbocycles. The minimum atomic E-state index is -0.406. The number of ether oxygens (including phenoxy) is 2. The van der Waals surface area contributed by atoms with Crippen LogP contribution in [0.15, 0.2) is 79.1 Å². The van der Waals surface area contributed by atoms with Crippen LogP contribution in [0, 0.1) is 5.92 Å². The second-order valence-electron chi connectivity index (χ2n) is 8.44. The summed E-state index contributed by atoms with van der Waals surface area (Å²) in [6, 6.07) is 21.2. The van der Waals surface area contributed by atoms with Crippen molar-refractivity contribution in [1.82, 2.24) is 9.88 Å². The Labute approximate surface area is 188 Å². The van der Waals surface area contributed by atoms with Crippen molar-refractivity contribution in [1.29, 1.82) is 0 Å². The zero-order valence-electron chi connectivity index (χ0n) is 17.9. The number of carbonyl (C=O) groups is 1. The van der Waals surface area contributed by atoms with E-state index in [0.717, 1.165) is 38.1 Å². The zero-order valence-corrected chi connectivity index (χ0v) is 17.9. The average molecular weight is 430 g/mol. The van der Waals surface area contributed by atoms with Gasteiger partial charge in [0, 0.05) is 24.0 Å². The highest BCUT2D eigenvalue weighted by atomic mass is 16.6. The summed E-state index contributed by atoms with van der Waals surface area (Å²) in [5, 5.41) is 2.88. The van der Waals surface area contributed by atoms with Gasteiger partial charge in [-0.1, -0.05) is 24.3 Å². The van der Waals surface area contributed by atoms with E-state index >= 15 is 0 Å². The van der Waals surface area contributed by atoms with Crippen molar-refractivity contribution < 1.29 is 14.3 Å². The van der Waals surface area contributed by atoms with Crippen molar-refractivity contribution in [3.8, 4) is 11.5 Å². The molecule has 6 heteroatoms. The van der Waals surface area contributed by atoms with E-state index in [-0.39, 0.29) is 12.1 Å². The number of nitrogens with zero attached hydrogens (tertiary/aromatic N) is 2. The van der Waals surface area contributed by atoms with Crippen LogP contribution >= 0.6 is 0 Å². The largest absolute Gasteiger partial charge is 0.457 e. The fourth-order valence-electron chi connectivity index (χ4n) is 4.78. The first-order chi connectivity index (χ1) is 15.7. The molecule has 4 heterocycles. The molecule has 6 rings (SSSR count). The number of fused-ring (bicyclic) bond motifs is 3. The van der Waals surface area contributed by atoms with Crippen molar-refractivity contribution in [2.75, 3.05) is 18.4 Å². The molecule has 164 valence electrons. The maximum absolute atomic E-state index is 12.7. The molecule has 1 N–H and O–H groups in total. The molecule has 1 aromatic heterocycles. The lowest BCUT2D eigenvalue weighted by atomic mass is 9.78. The number of nitrogens with one attached hydrogen (secondary N) is 1. The van der Waals surface area contributed by atoms with Gasteiger partial charge in [-0.25, -0.2) is 4.79 Å². The molecule has 3 aliphatic heterocycles. The highest BCUT2D eigenvalue weighted by molar-refractivity contribution is 5.84. The van der Waals surface area contributed by atoms with Crippen LogP contribution in [0.3, 0.4) is 0 Å². The van der Waals surface area contributed by atoms with Crippen LogP contribution in [-0.2, 0) is 11.2 Å². The monoisotopic (exact) mass is 429 g/mol. The van der Waals surface area contributed by atoms with E-state index in [1.807, 2.05) is 66.9 Å². The van der Waals surface area contributed by atoms with Gasteiger partial charge >= 0.3 is 6.09 Å². The summed E-state index contributed by atoms with van der Waals surface area (Å²) in [4.78, 5) is 19.4. The lowest BCUT2D eigenvalue weighted by Crippen LogP contribution is -2.60. The first kappa shape index (κ1) is 20.5. The molecule has 2 bridgehead atoms. The van der Waals surface area contributed by atoms with Crippen molar-refractivity contribution in [2.24, 2.45) is 5.92 Å². The van der Waals surface area contributed by atoms with Gasteiger partial charge < -0.3 is 9.47 Å². The number of rotatable bonds is 6. The summed E-state index contributed by atoms with van der Waals surface area (Å²) < 4.78 is 11.8. The van der Waals surface area contributed by atoms with E-state index in [2.05, 4.69) is 21.3 Å². The molecule has 3 aromatic rings. The quantitative estimate of drug-likeness (QED) is 0.589. The first-order valence-corrected chi connectivity index (χ1v) is 11.2. The lowest BCUT2D eigenvalue weighted by molar-refractivity contribution is -0.0741. The molecule has 32 heavy (non-hydrogen) atoms. The molecule has 3 aliphatic rings. The van der Waals surface area contributed by atoms with Gasteiger partial charge in [0.05, 0.1) is 6.04 Å². The predicted octanol–water partition coefficient (Wildman–Crippen LogP) is 5.13. The van der Waals surface area contributed by atoms with Crippen LogP contribution in [0.5, 0.6) is 11.5 Å². The van der Waals surface area contributed by atoms with E-state index in [1.54, 1.807) is 6.20 Å². The number of para-hydroxylation sites is 1. The van der Waals surface area contributed by atoms with Crippen LogP contribution in [-0.4, -0.2) is 41.2 Å². The second kappa shape index (κ2) is 9.40. The van der Waals surface area contributed by atoms with E-state index in [4.69, 9.17) is 9.47 Å². The highest BCUT2D eigenvalue weighted by Crippen LogP contribution is 2.36. The summed E-state index contributed by atoms with van der Waals surface area (Å²) in [5.74, 6) is 1.90. The first-order valence-electron chi connectivity index (χ1n) is 11.2. The molecule has 6 nitrogen and oxygen atoms in total. The fourth-order valence-corrected chi connectivity index (χ4v) is 4.78. The minimum absolute atomic E-state index is 0.113. The van der Waals surface area contributed by atoms with Gasteiger partial charge in [-0.15, -0.1) is 0 Å². The molecule has 0 spiro atoms. The standard InChI is InChI=1S/C26H27N3O3/c30-26(28-21-8-10-23(11-9-21)31-22-6-2-1-3-7-22)32-25-20-12-15-29(16-13-20)24(25)17-19-5-4-14-27-18-19/h1-11,14,18,20,24-25H,12-13,15-17H2,(H,28,30)/t24-,25-/m1/s1. The summed E-state index contributed by atoms with van der Waals surface area (Å²) in [6.07, 6.45) is 6.16. The molecule has 2 atom stereocenters. The fraction of sp³-hybridized carbons (Fsp3) is 0.308. The van der Waals surface area contributed by atoms with E-state index in [1.165, 1.54) is 5.56 Å². The number of pyridine rings is 1. The third-order valence-electron chi connectivity index (χ3n) is 6.38. The van der Waals surface area contributed by atoms with Gasteiger partial charge in [-0.2, -0.15) is 0 Å². The summed E-state index contributed by atoms with van der Waals surface area (Å²) >= 11 is 0. The van der Waals surface area contributed by atoms with Crippen molar-refractivity contribution >= 4 is 11.8 Å². The van der Waals surface area contributed by atoms with Crippen LogP contribution < -0.4 is 10.1 Å². The number of benzene rings is 2. The Kier molecular flexibility index (Phi) is 6.03. The zero-order chi connectivity index (χ0) is 21.8. The average Bonchev–Trinajstić information content (AvgIpc) is 2.84. The molecule has 0 radical (unpaired) electrons. The Morgan fingerprint density at radius 1 is 0.969 bits per heavy atom. The highest BCUT2D eigenvalue weighted by Gasteiger charge is 2.44. The van der Waals surface area contributed by atoms with Gasteiger partial charge in [-0.05, 0) is 80.4 Å². The van der Waals surface area contributed by atoms with Gasteiger partial charge in [0.2, 0.25) is 0 Å². The van der Waals surface area contributed by atoms with Gasteiger partial charge in [0.25, 0.3) is 0 Å². The third kappa shape index (κ3) is 4.75. The van der Waals surface area contributed by atoms with Crippen molar-refractivity contribution in [3.05, 3.63) is 84.7 Å². The Morgan fingerprint density at radius 3 is 2.44 bits per heavy atom. The normalized spacial score (nSPS) is 24.0. The molecule has 3 fully saturated rings. The SMILES string of the molecule is O=C(Nc1ccc(Oc2ccccc2)cc1)O[C@@H]1C2CCN(CC2)[C@@H]1Cc1cccnc1. The van der Waals surface area contributed by atoms with Gasteiger partial charge in [-0.3, -0.25) is 15.2 Å². The molecule has 2 aromatic carbocycles. The summed E-state index contributed by atoms with van der Waals surface area (Å²) in [7, 11) is 0. The maximum Gasteiger partial charge on any atom is 0.411 e. The van der Waals surface area contributed by atoms with E-state index < -0.39 is 6.09 Å². The number of amides is 1. The topological polar surface area (TPSA) is 63.7 Å². The lowest BCUT2D eigenvalue weighted by Gasteiger charge is -2.50. The second-order valence-corrected chi connectivity index (χ2v) is 8.44. The number of anilines is 1. The summed E-state index contributed by atoms with van der Waals surface area (Å²) in [5.41, 5.74) is 1.86. The molecular formula is C26H27N3O3. The number of hydrogen-bond acceptors (Lipinski definition) is 5. The molecule has 0 unspecified atom stereocenters. The Bertz CT molecular complexity index is 1020. The van der Waals surface area contributed by atoms with E-state index in [9.17, 15) is 4.79 Å². The van der Waals surface area contributed by atoms with Crippen LogP contribution in [0.1, 0.15) is 18.4 Å². The minimum Gasteiger partial charge on any atom is -0.457 e. The van der Waals surface area contributed by atoms with Crippen molar-refractivity contribution in [3.63, 3.8) is 0 Å². The van der Waals surface area contributed by atoms with E-state index in [0.29, 0.717) is 17.4 Å². The number of aromatic nitrogens is 1. The van der Waals surface area contributed by atoms with Crippen LogP contribution in [0.4, 0.5) is 10.5 Å². The maximum atomic E-state index is 12.7. The molecule has 0 aliphatic carbocycles. The van der Waals surface area contributed by atoms with Crippen LogP contribution in [0.2, 0.25) is 0 Å². The van der Waals surface area contributed by atoms with Crippen molar-refractivity contribution in [2.45, 2.75) is 31.4 Å². The number of hydrogen-bond donors (Lipinski definition) is 1. The van der Waals surface area contributed by atoms with Crippen LogP contribution in [0.25, 0.3) is 0 Å². The number of piperidine rings is 3.